The zero-order valence-electron chi connectivity index (χ0n) is 18.0. The van der Waals surface area contributed by atoms with Crippen LogP contribution < -0.4 is 9.47 Å². The Kier molecular flexibility index (Phi) is 9.89. The normalized spacial score (nSPS) is 18.6. The summed E-state index contributed by atoms with van der Waals surface area (Å²) in [6.07, 6.45) is 8.22. The number of hydrogen-bond donors (Lipinski definition) is 2. The third kappa shape index (κ3) is 7.18. The number of hydrogen-bond acceptors (Lipinski definition) is 6. The van der Waals surface area contributed by atoms with Gasteiger partial charge in [0.2, 0.25) is 0 Å². The molecular weight excluding hydrogens is 388 g/mol. The van der Waals surface area contributed by atoms with Gasteiger partial charge in [0.25, 0.3) is 0 Å². The number of benzene rings is 1. The summed E-state index contributed by atoms with van der Waals surface area (Å²) in [6.45, 7) is 5.94. The van der Waals surface area contributed by atoms with Crippen LogP contribution in [0, 0.1) is 0 Å². The van der Waals surface area contributed by atoms with E-state index in [0.29, 0.717) is 0 Å². The van der Waals surface area contributed by atoms with Gasteiger partial charge in [-0.05, 0) is 57.9 Å². The zero-order valence-corrected chi connectivity index (χ0v) is 18.0. The van der Waals surface area contributed by atoms with Gasteiger partial charge in [-0.25, -0.2) is 9.59 Å². The van der Waals surface area contributed by atoms with E-state index in [9.17, 15) is 0 Å². The summed E-state index contributed by atoms with van der Waals surface area (Å²) >= 11 is 0. The van der Waals surface area contributed by atoms with Gasteiger partial charge in [-0.3, -0.25) is 4.90 Å². The van der Waals surface area contributed by atoms with E-state index in [4.69, 9.17) is 29.3 Å². The molecule has 8 nitrogen and oxygen atoms in total. The van der Waals surface area contributed by atoms with Crippen molar-refractivity contribution in [2.75, 3.05) is 40.4 Å². The van der Waals surface area contributed by atoms with Crippen molar-refractivity contribution >= 4 is 11.9 Å². The number of piperidine rings is 1. The van der Waals surface area contributed by atoms with Crippen molar-refractivity contribution in [3.05, 3.63) is 23.8 Å². The minimum atomic E-state index is -1.82. The first-order valence-corrected chi connectivity index (χ1v) is 10.6. The summed E-state index contributed by atoms with van der Waals surface area (Å²) in [6, 6.07) is 6.98. The van der Waals surface area contributed by atoms with Crippen molar-refractivity contribution in [2.24, 2.45) is 0 Å². The van der Waals surface area contributed by atoms with Crippen LogP contribution in [0.2, 0.25) is 0 Å². The molecule has 2 aliphatic heterocycles. The predicted molar refractivity (Wildman–Crippen MR) is 113 cm³/mol. The molecule has 2 fully saturated rings. The number of carboxylic acid groups (broad SMARTS) is 2. The third-order valence-corrected chi connectivity index (χ3v) is 5.78. The zero-order chi connectivity index (χ0) is 21.9. The molecule has 1 aromatic rings. The highest BCUT2D eigenvalue weighted by atomic mass is 16.5. The van der Waals surface area contributed by atoms with Crippen LogP contribution in [0.25, 0.3) is 0 Å². The van der Waals surface area contributed by atoms with Crippen molar-refractivity contribution in [3.63, 3.8) is 0 Å². The number of rotatable bonds is 5. The lowest BCUT2D eigenvalue weighted by molar-refractivity contribution is -0.159. The molecule has 1 aromatic carbocycles. The summed E-state index contributed by atoms with van der Waals surface area (Å²) in [7, 11) is 3.43. The standard InChI is InChI=1S/C20H32N2O2.C2H2O4/c1-23-19-9-7-8-17(20(19)24-2)16-21-14-10-18(11-15-21)22-12-5-3-4-6-13-22;3-1(4)2(5)6/h7-9,18H,3-6,10-16H2,1-2H3;(H,3,4)(H,5,6). The summed E-state index contributed by atoms with van der Waals surface area (Å²) in [5.41, 5.74) is 1.23. The van der Waals surface area contributed by atoms with E-state index in [1.54, 1.807) is 14.2 Å². The molecule has 2 N–H and O–H groups in total. The van der Waals surface area contributed by atoms with Gasteiger partial charge in [-0.1, -0.05) is 25.0 Å². The van der Waals surface area contributed by atoms with Crippen molar-refractivity contribution in [1.82, 2.24) is 9.80 Å². The molecule has 0 radical (unpaired) electrons. The number of carboxylic acids is 2. The Morgan fingerprint density at radius 2 is 1.53 bits per heavy atom. The number of likely N-dealkylation sites (tertiary alicyclic amines) is 2. The second-order valence-corrected chi connectivity index (χ2v) is 7.72. The Hall–Kier alpha value is -2.32. The van der Waals surface area contributed by atoms with E-state index in [1.165, 1.54) is 70.3 Å². The molecule has 0 atom stereocenters. The van der Waals surface area contributed by atoms with E-state index in [-0.39, 0.29) is 0 Å². The van der Waals surface area contributed by atoms with Gasteiger partial charge in [0.1, 0.15) is 0 Å². The topological polar surface area (TPSA) is 99.5 Å². The molecule has 0 spiro atoms. The van der Waals surface area contributed by atoms with Crippen molar-refractivity contribution < 1.29 is 29.3 Å². The first-order valence-electron chi connectivity index (χ1n) is 10.6. The molecule has 0 aromatic heterocycles. The van der Waals surface area contributed by atoms with Gasteiger partial charge in [0.05, 0.1) is 14.2 Å². The Balaban J connectivity index is 0.000000469. The van der Waals surface area contributed by atoms with E-state index >= 15 is 0 Å². The minimum Gasteiger partial charge on any atom is -0.493 e. The SMILES string of the molecule is COc1cccc(CN2CCC(N3CCCCCC3)CC2)c1OC.O=C(O)C(=O)O. The average Bonchev–Trinajstić information content (AvgIpc) is 3.04. The number of nitrogens with zero attached hydrogens (tertiary/aromatic N) is 2. The van der Waals surface area contributed by atoms with Gasteiger partial charge in [0.15, 0.2) is 11.5 Å². The second kappa shape index (κ2) is 12.4. The summed E-state index contributed by atoms with van der Waals surface area (Å²) < 4.78 is 11.0. The maximum Gasteiger partial charge on any atom is 0.414 e. The average molecular weight is 423 g/mol. The number of methoxy groups -OCH3 is 2. The quantitative estimate of drug-likeness (QED) is 0.699. The highest BCUT2D eigenvalue weighted by Gasteiger charge is 2.25. The van der Waals surface area contributed by atoms with Crippen LogP contribution in [0.4, 0.5) is 0 Å². The van der Waals surface area contributed by atoms with Crippen LogP contribution >= 0.6 is 0 Å². The minimum absolute atomic E-state index is 0.798. The number of para-hydroxylation sites is 1. The van der Waals surface area contributed by atoms with Gasteiger partial charge >= 0.3 is 11.9 Å². The van der Waals surface area contributed by atoms with Crippen molar-refractivity contribution in [1.29, 1.82) is 0 Å². The molecule has 168 valence electrons. The van der Waals surface area contributed by atoms with Crippen LogP contribution in [-0.2, 0) is 16.1 Å². The number of aliphatic carboxylic acids is 2. The van der Waals surface area contributed by atoms with Crippen LogP contribution in [0.1, 0.15) is 44.1 Å². The highest BCUT2D eigenvalue weighted by Crippen LogP contribution is 2.32. The summed E-state index contributed by atoms with van der Waals surface area (Å²) in [5.74, 6) is -1.94. The molecule has 2 heterocycles. The smallest absolute Gasteiger partial charge is 0.414 e. The molecular formula is C22H34N2O6. The van der Waals surface area contributed by atoms with Crippen LogP contribution in [-0.4, -0.2) is 78.4 Å². The first-order chi connectivity index (χ1) is 14.5. The molecule has 0 saturated carbocycles. The molecule has 3 rings (SSSR count). The lowest BCUT2D eigenvalue weighted by Crippen LogP contribution is -2.45. The Bertz CT molecular complexity index is 668. The van der Waals surface area contributed by atoms with Gasteiger partial charge in [-0.15, -0.1) is 0 Å². The fraction of sp³-hybridized carbons (Fsp3) is 0.636. The maximum absolute atomic E-state index is 9.10. The molecule has 0 aliphatic carbocycles. The molecule has 8 heteroatoms. The third-order valence-electron chi connectivity index (χ3n) is 5.78. The molecule has 2 saturated heterocycles. The van der Waals surface area contributed by atoms with Crippen LogP contribution in [0.3, 0.4) is 0 Å². The largest absolute Gasteiger partial charge is 0.493 e. The first kappa shape index (κ1) is 24.0. The fourth-order valence-corrected chi connectivity index (χ4v) is 4.22. The molecule has 0 unspecified atom stereocenters. The van der Waals surface area contributed by atoms with Gasteiger partial charge in [-0.2, -0.15) is 0 Å². The predicted octanol–water partition coefficient (Wildman–Crippen LogP) is 2.70. The highest BCUT2D eigenvalue weighted by molar-refractivity contribution is 6.27. The molecule has 0 bridgehead atoms. The molecule has 2 aliphatic rings. The van der Waals surface area contributed by atoms with Crippen LogP contribution in [0.5, 0.6) is 11.5 Å². The Morgan fingerprint density at radius 3 is 2.03 bits per heavy atom. The molecule has 0 amide bonds. The van der Waals surface area contributed by atoms with E-state index in [1.807, 2.05) is 6.07 Å². The lowest BCUT2D eigenvalue weighted by Gasteiger charge is -2.38. The van der Waals surface area contributed by atoms with Crippen LogP contribution in [0.15, 0.2) is 18.2 Å². The van der Waals surface area contributed by atoms with Gasteiger partial charge in [0, 0.05) is 18.2 Å². The second-order valence-electron chi connectivity index (χ2n) is 7.72. The van der Waals surface area contributed by atoms with Crippen molar-refractivity contribution in [3.8, 4) is 11.5 Å². The number of carbonyl (C=O) groups is 2. The molecule has 30 heavy (non-hydrogen) atoms. The van der Waals surface area contributed by atoms with E-state index in [0.717, 1.165) is 24.1 Å². The maximum atomic E-state index is 9.10. The number of ether oxygens (including phenoxy) is 2. The Labute approximate surface area is 178 Å². The Morgan fingerprint density at radius 1 is 0.933 bits per heavy atom. The lowest BCUT2D eigenvalue weighted by atomic mass is 10.0. The summed E-state index contributed by atoms with van der Waals surface area (Å²) in [5, 5.41) is 14.8. The summed E-state index contributed by atoms with van der Waals surface area (Å²) in [4.78, 5) is 23.5. The van der Waals surface area contributed by atoms with Gasteiger partial charge < -0.3 is 24.6 Å². The van der Waals surface area contributed by atoms with Crippen molar-refractivity contribution in [2.45, 2.75) is 51.1 Å². The van der Waals surface area contributed by atoms with E-state index in [2.05, 4.69) is 21.9 Å². The monoisotopic (exact) mass is 422 g/mol. The fourth-order valence-electron chi connectivity index (χ4n) is 4.22. The van der Waals surface area contributed by atoms with E-state index < -0.39 is 11.9 Å².